The van der Waals surface area contributed by atoms with Gasteiger partial charge < -0.3 is 17.7 Å². The number of para-hydroxylation sites is 9. The minimum absolute atomic E-state index is 0.719. The molecule has 8 heterocycles. The lowest BCUT2D eigenvalue weighted by Gasteiger charge is -2.13. The van der Waals surface area contributed by atoms with Gasteiger partial charge in [0.15, 0.2) is 11.6 Å². The molecule has 656 valence electrons. The van der Waals surface area contributed by atoms with Crippen molar-refractivity contribution in [1.82, 2.24) is 39.9 Å². The molecule has 0 N–H and O–H groups in total. The topological polar surface area (TPSA) is 156 Å². The second kappa shape index (κ2) is 36.1. The number of benzene rings is 20. The first-order valence-electron chi connectivity index (χ1n) is 46.7. The molecule has 12 nitrogen and oxygen atoms in total. The van der Waals surface area contributed by atoms with E-state index in [0.29, 0.717) is 0 Å². The number of hydrogen-bond acceptors (Lipinski definition) is 12. The molecule has 0 radical (unpaired) electrons. The molecule has 20 aromatic carbocycles. The van der Waals surface area contributed by atoms with Gasteiger partial charge in [-0.1, -0.05) is 419 Å². The van der Waals surface area contributed by atoms with Gasteiger partial charge in [-0.05, 0) is 83.4 Å². The summed E-state index contributed by atoms with van der Waals surface area (Å²) in [6.45, 7) is 0. The summed E-state index contributed by atoms with van der Waals surface area (Å²) in [5.74, 6) is 1.44. The normalized spacial score (nSPS) is 11.4. The van der Waals surface area contributed by atoms with Crippen LogP contribution in [-0.4, -0.2) is 39.9 Å². The van der Waals surface area contributed by atoms with Crippen LogP contribution < -0.4 is 0 Å². The molecular weight excluding hydrogens is 1710 g/mol. The lowest BCUT2D eigenvalue weighted by Crippen LogP contribution is -1.97. The van der Waals surface area contributed by atoms with Crippen molar-refractivity contribution in [3.05, 3.63) is 485 Å². The van der Waals surface area contributed by atoms with Crippen LogP contribution in [0, 0.1) is 0 Å². The van der Waals surface area contributed by atoms with E-state index in [0.717, 1.165) is 266 Å². The van der Waals surface area contributed by atoms with Gasteiger partial charge >= 0.3 is 0 Å². The molecule has 0 saturated heterocycles. The molecule has 0 aliphatic rings. The molecular formula is C128H80N8O4. The Balaban J connectivity index is 0.0000000985. The molecule has 0 fully saturated rings. The van der Waals surface area contributed by atoms with Crippen molar-refractivity contribution in [1.29, 1.82) is 0 Å². The molecule has 0 unspecified atom stereocenters. The predicted octanol–water partition coefficient (Wildman–Crippen LogP) is 34.1. The second-order valence-corrected chi connectivity index (χ2v) is 34.5. The van der Waals surface area contributed by atoms with Crippen molar-refractivity contribution in [2.75, 3.05) is 0 Å². The molecule has 140 heavy (non-hydrogen) atoms. The quantitative estimate of drug-likeness (QED) is 0.114. The summed E-state index contributed by atoms with van der Waals surface area (Å²) in [5, 5.41) is 11.0. The first-order chi connectivity index (χ1) is 69.4. The summed E-state index contributed by atoms with van der Waals surface area (Å²) in [6, 6.07) is 165. The SMILES string of the molecule is c1ccc(-c2nc(-c3ccccc3)c3cc(-c4cccc5c4oc4ccccc45)ccc3n2)cc1.c1ccc(-c2nc(-c3ccccc3)c3ccc(-c4cccc5c4oc4ccccc45)cc3n2)cc1.c1ccc(-c2nc3ccc(-c4cccc5c4oc4ccccc45)cc3nc2-c2ccccc2)cc1.c1ccc(-c2nc3cccc(-c4cccc5c4oc4ccccc45)c3nc2-c2ccccc2)cc1. The smallest absolute Gasteiger partial charge is 0.160 e. The fraction of sp³-hybridized carbons (Fsp3) is 0. The molecule has 0 saturated carbocycles. The highest BCUT2D eigenvalue weighted by Gasteiger charge is 2.24. The van der Waals surface area contributed by atoms with Gasteiger partial charge in [0.25, 0.3) is 0 Å². The van der Waals surface area contributed by atoms with Crippen LogP contribution in [0.4, 0.5) is 0 Å². The molecule has 0 bridgehead atoms. The molecule has 0 aliphatic carbocycles. The van der Waals surface area contributed by atoms with E-state index in [2.05, 4.69) is 243 Å². The highest BCUT2D eigenvalue weighted by molar-refractivity contribution is 6.15. The Bertz CT molecular complexity index is 9510. The van der Waals surface area contributed by atoms with E-state index >= 15 is 0 Å². The minimum atomic E-state index is 0.719. The molecule has 28 rings (SSSR count). The van der Waals surface area contributed by atoms with Crippen LogP contribution in [0.2, 0.25) is 0 Å². The highest BCUT2D eigenvalue weighted by Crippen LogP contribution is 2.46. The Hall–Kier alpha value is -19.0. The zero-order valence-corrected chi connectivity index (χ0v) is 75.4. The van der Waals surface area contributed by atoms with Crippen molar-refractivity contribution in [3.63, 3.8) is 0 Å². The van der Waals surface area contributed by atoms with Gasteiger partial charge in [-0.25, -0.2) is 39.9 Å². The Morgan fingerprint density at radius 2 is 0.407 bits per heavy atom. The molecule has 0 spiro atoms. The van der Waals surface area contributed by atoms with Crippen LogP contribution in [0.5, 0.6) is 0 Å². The van der Waals surface area contributed by atoms with Gasteiger partial charge in [-0.2, -0.15) is 0 Å². The van der Waals surface area contributed by atoms with Gasteiger partial charge in [-0.15, -0.1) is 0 Å². The van der Waals surface area contributed by atoms with E-state index in [-0.39, 0.29) is 0 Å². The van der Waals surface area contributed by atoms with Crippen LogP contribution in [0.3, 0.4) is 0 Å². The summed E-state index contributed by atoms with van der Waals surface area (Å²) >= 11 is 0. The first-order valence-corrected chi connectivity index (χ1v) is 46.7. The van der Waals surface area contributed by atoms with E-state index in [4.69, 9.17) is 57.5 Å². The Morgan fingerprint density at radius 3 is 0.814 bits per heavy atom. The van der Waals surface area contributed by atoms with Crippen molar-refractivity contribution in [3.8, 4) is 135 Å². The summed E-state index contributed by atoms with van der Waals surface area (Å²) in [6.07, 6.45) is 0. The number of furan rings is 4. The van der Waals surface area contributed by atoms with Crippen molar-refractivity contribution in [2.45, 2.75) is 0 Å². The molecule has 12 heteroatoms. The van der Waals surface area contributed by atoms with Crippen molar-refractivity contribution in [2.24, 2.45) is 0 Å². The Kier molecular flexibility index (Phi) is 21.3. The number of fused-ring (bicyclic) bond motifs is 16. The number of rotatable bonds is 12. The summed E-state index contributed by atoms with van der Waals surface area (Å²) < 4.78 is 25.2. The van der Waals surface area contributed by atoms with Crippen LogP contribution in [0.1, 0.15) is 0 Å². The fourth-order valence-corrected chi connectivity index (χ4v) is 19.2. The van der Waals surface area contributed by atoms with Crippen molar-refractivity contribution >= 4 is 132 Å². The summed E-state index contributed by atoms with van der Waals surface area (Å²) in [7, 11) is 0. The molecule has 8 aromatic heterocycles. The lowest BCUT2D eigenvalue weighted by atomic mass is 9.98. The van der Waals surface area contributed by atoms with Crippen molar-refractivity contribution < 1.29 is 17.7 Å². The molecule has 0 atom stereocenters. The number of hydrogen-bond donors (Lipinski definition) is 0. The molecule has 0 aliphatic heterocycles. The lowest BCUT2D eigenvalue weighted by molar-refractivity contribution is 0.669. The number of nitrogens with zero attached hydrogens (tertiary/aromatic N) is 8. The summed E-state index contributed by atoms with van der Waals surface area (Å²) in [5.41, 5.74) is 34.5. The Morgan fingerprint density at radius 1 is 0.129 bits per heavy atom. The van der Waals surface area contributed by atoms with Gasteiger partial charge in [0, 0.05) is 126 Å². The van der Waals surface area contributed by atoms with Gasteiger partial charge in [0.2, 0.25) is 0 Å². The average molecular weight is 1790 g/mol. The Labute approximate surface area is 803 Å². The minimum Gasteiger partial charge on any atom is -0.455 e. The molecule has 0 amide bonds. The largest absolute Gasteiger partial charge is 0.455 e. The van der Waals surface area contributed by atoms with E-state index < -0.39 is 0 Å². The zero-order valence-electron chi connectivity index (χ0n) is 75.4. The zero-order chi connectivity index (χ0) is 92.8. The van der Waals surface area contributed by atoms with Gasteiger partial charge in [0.1, 0.15) is 44.7 Å². The average Bonchev–Trinajstić information content (AvgIpc) is 1.39. The molecule has 28 aromatic rings. The van der Waals surface area contributed by atoms with Gasteiger partial charge in [-0.3, -0.25) is 0 Å². The number of aromatic nitrogens is 8. The monoisotopic (exact) mass is 1790 g/mol. The maximum absolute atomic E-state index is 6.35. The first kappa shape index (κ1) is 82.8. The van der Waals surface area contributed by atoms with E-state index in [1.54, 1.807) is 0 Å². The predicted molar refractivity (Wildman–Crippen MR) is 572 cm³/mol. The van der Waals surface area contributed by atoms with Crippen LogP contribution >= 0.6 is 0 Å². The highest BCUT2D eigenvalue weighted by atomic mass is 16.3. The van der Waals surface area contributed by atoms with Gasteiger partial charge in [0.05, 0.1) is 67.3 Å². The van der Waals surface area contributed by atoms with Crippen LogP contribution in [0.15, 0.2) is 503 Å². The fourth-order valence-electron chi connectivity index (χ4n) is 19.2. The maximum atomic E-state index is 6.35. The maximum Gasteiger partial charge on any atom is 0.160 e. The summed E-state index contributed by atoms with van der Waals surface area (Å²) in [4.78, 5) is 40.6. The van der Waals surface area contributed by atoms with Crippen LogP contribution in [0.25, 0.3) is 266 Å². The van der Waals surface area contributed by atoms with E-state index in [9.17, 15) is 0 Å². The third-order valence-electron chi connectivity index (χ3n) is 25.9. The standard InChI is InChI=1S/4C32H20N2O/c1-3-11-21(12-4-1)29-30(22-13-5-2-6-14-22)34-31-24(16-10-19-27(31)33-29)26-18-9-17-25-23-15-7-8-20-28(23)35-32(25)26;1-3-10-21(11-4-1)30-27-20-23(18-19-28(27)33-32(34-30)22-12-5-2-6-13-22)24-15-9-16-26-25-14-7-8-17-29(25)35-31(24)26;1-3-10-21(11-4-1)30-31(22-12-5-2-6-13-22)34-28-20-23(18-19-27(28)33-30)24-15-9-16-26-25-14-7-8-17-29(25)35-32(24)26;1-3-10-21(11-4-1)30-27-19-18-23(20-28(27)33-32(34-30)22-12-5-2-6-13-22)24-15-9-16-26-25-14-7-8-17-29(25)35-31(24)26/h4*1-20H. The second-order valence-electron chi connectivity index (χ2n) is 34.5. The van der Waals surface area contributed by atoms with Crippen LogP contribution in [-0.2, 0) is 0 Å². The third kappa shape index (κ3) is 15.6. The van der Waals surface area contributed by atoms with E-state index in [1.807, 2.05) is 243 Å². The third-order valence-corrected chi connectivity index (χ3v) is 25.9. The van der Waals surface area contributed by atoms with E-state index in [1.165, 1.54) is 0 Å².